The molecule has 9 nitrogen and oxygen atoms in total. The second-order valence-electron chi connectivity index (χ2n) is 21.7. The molecule has 0 rings (SSSR count). The molecule has 0 spiro atoms. The number of nitrogens with zero attached hydrogens (tertiary/aromatic N) is 1. The lowest BCUT2D eigenvalue weighted by Gasteiger charge is -2.28. The lowest BCUT2D eigenvalue weighted by molar-refractivity contribution is -0.870. The summed E-state index contributed by atoms with van der Waals surface area (Å²) in [5, 5.41) is 0. The van der Waals surface area contributed by atoms with Crippen LogP contribution in [0.2, 0.25) is 0 Å². The summed E-state index contributed by atoms with van der Waals surface area (Å²) in [5.74, 6) is -0.897. The Morgan fingerprint density at radius 2 is 0.643 bits per heavy atom. The van der Waals surface area contributed by atoms with Crippen molar-refractivity contribution in [2.24, 2.45) is 0 Å². The van der Waals surface area contributed by atoms with Gasteiger partial charge in [0.25, 0.3) is 7.82 Å². The summed E-state index contributed by atoms with van der Waals surface area (Å²) in [4.78, 5) is 38.0. The first-order chi connectivity index (χ1) is 41.0. The van der Waals surface area contributed by atoms with Crippen LogP contribution in [0.25, 0.3) is 0 Å². The minimum Gasteiger partial charge on any atom is -0.756 e. The molecule has 10 heteroatoms. The van der Waals surface area contributed by atoms with E-state index in [1.165, 1.54) is 0 Å². The fourth-order valence-corrected chi connectivity index (χ4v) is 8.47. The third-order valence-corrected chi connectivity index (χ3v) is 13.6. The van der Waals surface area contributed by atoms with Crippen molar-refractivity contribution < 1.29 is 42.1 Å². The fraction of sp³-hybridized carbons (Fsp3) is 0.541. The molecule has 2 atom stereocenters. The Labute approximate surface area is 513 Å². The highest BCUT2D eigenvalue weighted by atomic mass is 31.2. The number of allylic oxidation sites excluding steroid dienone is 32. The van der Waals surface area contributed by atoms with Gasteiger partial charge in [0.05, 0.1) is 27.7 Å². The molecular formula is C74H116NO8P. The monoisotopic (exact) mass is 1180 g/mol. The van der Waals surface area contributed by atoms with Crippen molar-refractivity contribution in [3.05, 3.63) is 194 Å². The van der Waals surface area contributed by atoms with Gasteiger partial charge in [-0.15, -0.1) is 0 Å². The molecular weight excluding hydrogens is 1060 g/mol. The third kappa shape index (κ3) is 66.0. The topological polar surface area (TPSA) is 111 Å². The van der Waals surface area contributed by atoms with Crippen LogP contribution in [0.3, 0.4) is 0 Å². The van der Waals surface area contributed by atoms with Gasteiger partial charge in [-0.1, -0.05) is 247 Å². The summed E-state index contributed by atoms with van der Waals surface area (Å²) >= 11 is 0. The average molecular weight is 1180 g/mol. The number of hydrogen-bond acceptors (Lipinski definition) is 8. The van der Waals surface area contributed by atoms with Gasteiger partial charge in [-0.25, -0.2) is 0 Å². The van der Waals surface area contributed by atoms with Crippen LogP contribution in [0.4, 0.5) is 0 Å². The quantitative estimate of drug-likeness (QED) is 0.0195. The number of rotatable bonds is 56. The lowest BCUT2D eigenvalue weighted by atomic mass is 10.1. The average Bonchev–Trinajstić information content (AvgIpc) is 3.61. The number of esters is 2. The molecule has 84 heavy (non-hydrogen) atoms. The summed E-state index contributed by atoms with van der Waals surface area (Å²) in [5.41, 5.74) is 0. The Morgan fingerprint density at radius 3 is 0.952 bits per heavy atom. The Hall–Kier alpha value is -5.15. The molecule has 0 aliphatic carbocycles. The van der Waals surface area contributed by atoms with Crippen LogP contribution in [0.15, 0.2) is 194 Å². The summed E-state index contributed by atoms with van der Waals surface area (Å²) in [6, 6.07) is 0. The van der Waals surface area contributed by atoms with Crippen LogP contribution < -0.4 is 4.89 Å². The van der Waals surface area contributed by atoms with Gasteiger partial charge in [0.2, 0.25) is 0 Å². The highest BCUT2D eigenvalue weighted by Gasteiger charge is 2.22. The van der Waals surface area contributed by atoms with E-state index in [2.05, 4.69) is 208 Å². The first kappa shape index (κ1) is 78.8. The summed E-state index contributed by atoms with van der Waals surface area (Å²) in [6.45, 7) is 3.93. The predicted octanol–water partition coefficient (Wildman–Crippen LogP) is 20.3. The van der Waals surface area contributed by atoms with Gasteiger partial charge in [0.1, 0.15) is 19.8 Å². The van der Waals surface area contributed by atoms with E-state index in [4.69, 9.17) is 18.5 Å². The first-order valence-corrected chi connectivity index (χ1v) is 33.6. The number of likely N-dealkylation sites (N-methyl/N-ethyl adjacent to an activating group) is 1. The van der Waals surface area contributed by atoms with E-state index in [0.29, 0.717) is 23.9 Å². The van der Waals surface area contributed by atoms with Gasteiger partial charge in [-0.3, -0.25) is 14.2 Å². The minimum atomic E-state index is -4.67. The number of carbonyl (C=O) groups is 2. The molecule has 0 aliphatic rings. The minimum absolute atomic E-state index is 0.0504. The molecule has 0 aliphatic heterocycles. The number of phosphoric ester groups is 1. The third-order valence-electron chi connectivity index (χ3n) is 12.6. The molecule has 0 amide bonds. The molecule has 0 aromatic rings. The largest absolute Gasteiger partial charge is 0.756 e. The molecule has 0 heterocycles. The van der Waals surface area contributed by atoms with E-state index in [1.54, 1.807) is 0 Å². The Morgan fingerprint density at radius 1 is 0.369 bits per heavy atom. The van der Waals surface area contributed by atoms with Crippen LogP contribution >= 0.6 is 7.82 Å². The van der Waals surface area contributed by atoms with Crippen molar-refractivity contribution >= 4 is 19.8 Å². The second-order valence-corrected chi connectivity index (χ2v) is 23.1. The lowest BCUT2D eigenvalue weighted by Crippen LogP contribution is -2.37. The van der Waals surface area contributed by atoms with Crippen molar-refractivity contribution in [2.45, 2.75) is 213 Å². The van der Waals surface area contributed by atoms with Crippen molar-refractivity contribution in [2.75, 3.05) is 47.5 Å². The van der Waals surface area contributed by atoms with Gasteiger partial charge < -0.3 is 27.9 Å². The number of ether oxygens (including phenoxy) is 2. The molecule has 0 saturated carbocycles. The van der Waals surface area contributed by atoms with E-state index in [0.717, 1.165) is 167 Å². The number of hydrogen-bond donors (Lipinski definition) is 0. The van der Waals surface area contributed by atoms with E-state index in [-0.39, 0.29) is 26.1 Å². The zero-order chi connectivity index (χ0) is 61.2. The van der Waals surface area contributed by atoms with E-state index in [9.17, 15) is 19.0 Å². The van der Waals surface area contributed by atoms with Crippen molar-refractivity contribution in [1.29, 1.82) is 0 Å². The zero-order valence-corrected chi connectivity index (χ0v) is 54.1. The molecule has 0 aromatic carbocycles. The standard InChI is InChI=1S/C74H116NO8P/c1-6-8-10-12-14-16-18-20-22-24-26-28-30-31-32-33-34-35-36-37-38-39-40-41-42-43-45-47-49-51-53-55-57-59-61-63-65-67-74(77)83-72(71-82-84(78,79)81-69-68-75(3,4)5)70-80-73(76)66-64-62-60-58-56-54-52-50-48-46-44-29-27-25-23-21-19-17-15-13-11-9-7-2/h8-11,14-17,20-23,26-29,31-32,34-35,37-38,40-41,43,45-46,48-49,51-52,54,72H,6-7,12-13,18-19,24-25,30,33,36,39,42,44,47,50,53,55-71H2,1-5H3/b10-8-,11-9-,16-14-,17-15-,22-20-,23-21-,28-26-,29-27-,32-31-,35-34-,38-37-,41-40-,45-43-,48-46-,51-49-,54-52-. The van der Waals surface area contributed by atoms with Crippen molar-refractivity contribution in [3.8, 4) is 0 Å². The molecule has 470 valence electrons. The number of phosphoric acid groups is 1. The number of carbonyl (C=O) groups excluding carboxylic acids is 2. The highest BCUT2D eigenvalue weighted by molar-refractivity contribution is 7.45. The Kier molecular flexibility index (Phi) is 58.6. The highest BCUT2D eigenvalue weighted by Crippen LogP contribution is 2.38. The SMILES string of the molecule is CC/C=C\C/C=C\C/C=C\C/C=C\C/C=C\C/C=C\C/C=C\C/C=C\C/C=C\C/C=C\CCCCCCCCC(=O)OC(COC(=O)CCCCCC/C=C\C/C=C\C/C=C\C/C=C\C/C=C\C/C=C\CC)COP(=O)([O-])OCC[N+](C)(C)C. The molecule has 0 N–H and O–H groups in total. The first-order valence-electron chi connectivity index (χ1n) is 32.1. The maximum absolute atomic E-state index is 12.8. The van der Waals surface area contributed by atoms with E-state index in [1.807, 2.05) is 21.1 Å². The van der Waals surface area contributed by atoms with Crippen LogP contribution in [0.1, 0.15) is 206 Å². The Balaban J connectivity index is 4.26. The molecule has 0 aromatic heterocycles. The number of unbranched alkanes of at least 4 members (excludes halogenated alkanes) is 10. The summed E-state index contributed by atoms with van der Waals surface area (Å²) < 4.78 is 34.2. The summed E-state index contributed by atoms with van der Waals surface area (Å²) in [6.07, 6.45) is 97.7. The van der Waals surface area contributed by atoms with Gasteiger partial charge in [0, 0.05) is 12.8 Å². The van der Waals surface area contributed by atoms with Gasteiger partial charge in [0.15, 0.2) is 6.10 Å². The van der Waals surface area contributed by atoms with Crippen LogP contribution in [0, 0.1) is 0 Å². The van der Waals surface area contributed by atoms with Crippen LogP contribution in [0.5, 0.6) is 0 Å². The van der Waals surface area contributed by atoms with Gasteiger partial charge in [-0.05, 0) is 141 Å². The van der Waals surface area contributed by atoms with Crippen LogP contribution in [-0.2, 0) is 32.7 Å². The molecule has 0 saturated heterocycles. The van der Waals surface area contributed by atoms with Gasteiger partial charge in [-0.2, -0.15) is 0 Å². The number of quaternary nitrogens is 1. The second kappa shape index (κ2) is 62.4. The normalized spacial score (nSPS) is 14.5. The molecule has 0 bridgehead atoms. The predicted molar refractivity (Wildman–Crippen MR) is 359 cm³/mol. The molecule has 2 unspecified atom stereocenters. The Bertz CT molecular complexity index is 2120. The maximum atomic E-state index is 12.8. The van der Waals surface area contributed by atoms with Crippen LogP contribution in [-0.4, -0.2) is 70.0 Å². The van der Waals surface area contributed by atoms with E-state index >= 15 is 0 Å². The van der Waals surface area contributed by atoms with Crippen molar-refractivity contribution in [3.63, 3.8) is 0 Å². The fourth-order valence-electron chi connectivity index (χ4n) is 7.74. The summed E-state index contributed by atoms with van der Waals surface area (Å²) in [7, 11) is 1.11. The zero-order valence-electron chi connectivity index (χ0n) is 53.3. The molecule has 0 radical (unpaired) electrons. The maximum Gasteiger partial charge on any atom is 0.306 e. The van der Waals surface area contributed by atoms with Gasteiger partial charge >= 0.3 is 11.9 Å². The van der Waals surface area contributed by atoms with Crippen molar-refractivity contribution in [1.82, 2.24) is 0 Å². The molecule has 0 fully saturated rings. The van der Waals surface area contributed by atoms with E-state index < -0.39 is 32.5 Å². The smallest absolute Gasteiger partial charge is 0.306 e.